The third-order valence-electron chi connectivity index (χ3n) is 2.00. The zero-order valence-electron chi connectivity index (χ0n) is 7.91. The van der Waals surface area contributed by atoms with Crippen molar-refractivity contribution in [2.45, 2.75) is 10.9 Å². The highest BCUT2D eigenvalue weighted by Gasteiger charge is 2.46. The maximum Gasteiger partial charge on any atom is 0.292 e. The van der Waals surface area contributed by atoms with Crippen molar-refractivity contribution < 1.29 is 3.89 Å². The predicted octanol–water partition coefficient (Wildman–Crippen LogP) is 3.10. The zero-order chi connectivity index (χ0) is 12.0. The van der Waals surface area contributed by atoms with Crippen molar-refractivity contribution in [1.82, 2.24) is 0 Å². The van der Waals surface area contributed by atoms with Gasteiger partial charge in [0.15, 0.2) is 6.04 Å². The van der Waals surface area contributed by atoms with Crippen molar-refractivity contribution in [3.05, 3.63) is 45.7 Å². The number of hydrogen-bond acceptors (Lipinski definition) is 6. The van der Waals surface area contributed by atoms with Crippen molar-refractivity contribution in [1.29, 1.82) is 5.26 Å². The summed E-state index contributed by atoms with van der Waals surface area (Å²) in [6.45, 7) is 0. The average Bonchev–Trinajstić information content (AvgIpc) is 2.37. The largest absolute Gasteiger partial charge is 0.292 e. The maximum atomic E-state index is 12.6. The van der Waals surface area contributed by atoms with E-state index >= 15 is 0 Å². The summed E-state index contributed by atoms with van der Waals surface area (Å²) in [6.07, 6.45) is 0. The molecule has 0 aliphatic heterocycles. The SMILES string of the molecule is N#CC(N=O)(SF)C(N=O)c1ccccc1. The first-order valence-corrected chi connectivity index (χ1v) is 4.88. The lowest BCUT2D eigenvalue weighted by Gasteiger charge is -2.18. The molecule has 1 rings (SSSR count). The van der Waals surface area contributed by atoms with Crippen molar-refractivity contribution in [2.75, 3.05) is 0 Å². The lowest BCUT2D eigenvalue weighted by molar-refractivity contribution is 0.584. The molecule has 0 saturated carbocycles. The van der Waals surface area contributed by atoms with E-state index < -0.39 is 23.1 Å². The molecular weight excluding hydrogens is 233 g/mol. The minimum absolute atomic E-state index is 0.267. The molecule has 1 aromatic carbocycles. The molecule has 0 heterocycles. The molecule has 5 nitrogen and oxygen atoms in total. The normalized spacial score (nSPS) is 15.5. The molecule has 0 aliphatic carbocycles. The van der Waals surface area contributed by atoms with Crippen LogP contribution in [0.5, 0.6) is 0 Å². The second-order valence-corrected chi connectivity index (χ2v) is 3.67. The smallest absolute Gasteiger partial charge is 0.194 e. The maximum absolute atomic E-state index is 12.6. The molecule has 0 bridgehead atoms. The van der Waals surface area contributed by atoms with E-state index in [0.29, 0.717) is 0 Å². The molecule has 0 aromatic heterocycles. The molecule has 0 N–H and O–H groups in total. The van der Waals surface area contributed by atoms with Crippen molar-refractivity contribution >= 4 is 12.1 Å². The summed E-state index contributed by atoms with van der Waals surface area (Å²) in [5.41, 5.74) is 0.267. The van der Waals surface area contributed by atoms with Crippen LogP contribution < -0.4 is 0 Å². The van der Waals surface area contributed by atoms with Gasteiger partial charge in [-0.3, -0.25) is 0 Å². The molecule has 0 saturated heterocycles. The van der Waals surface area contributed by atoms with Gasteiger partial charge in [0, 0.05) is 0 Å². The summed E-state index contributed by atoms with van der Waals surface area (Å²) in [4.78, 5) is 18.8. The van der Waals surface area contributed by atoms with Gasteiger partial charge in [0.2, 0.25) is 0 Å². The van der Waals surface area contributed by atoms with Crippen LogP contribution in [0, 0.1) is 21.1 Å². The van der Waals surface area contributed by atoms with E-state index in [9.17, 15) is 13.7 Å². The molecule has 0 radical (unpaired) electrons. The first kappa shape index (κ1) is 12.3. The topological polar surface area (TPSA) is 82.7 Å². The highest BCUT2D eigenvalue weighted by molar-refractivity contribution is 7.96. The molecule has 0 aliphatic rings. The summed E-state index contributed by atoms with van der Waals surface area (Å²) < 4.78 is 12.6. The van der Waals surface area contributed by atoms with Crippen LogP contribution in [0.4, 0.5) is 3.89 Å². The highest BCUT2D eigenvalue weighted by atomic mass is 32.2. The van der Waals surface area contributed by atoms with Gasteiger partial charge in [-0.05, 0) is 10.7 Å². The Morgan fingerprint density at radius 2 is 2.00 bits per heavy atom. The van der Waals surface area contributed by atoms with Gasteiger partial charge in [0.05, 0.1) is 12.1 Å². The Morgan fingerprint density at radius 1 is 1.38 bits per heavy atom. The Balaban J connectivity index is 3.22. The molecule has 0 amide bonds. The molecule has 16 heavy (non-hydrogen) atoms. The van der Waals surface area contributed by atoms with Crippen LogP contribution in [0.3, 0.4) is 0 Å². The minimum Gasteiger partial charge on any atom is -0.194 e. The van der Waals surface area contributed by atoms with E-state index in [-0.39, 0.29) is 5.56 Å². The monoisotopic (exact) mass is 239 g/mol. The average molecular weight is 239 g/mol. The van der Waals surface area contributed by atoms with Gasteiger partial charge >= 0.3 is 0 Å². The lowest BCUT2D eigenvalue weighted by atomic mass is 10.0. The summed E-state index contributed by atoms with van der Waals surface area (Å²) >= 11 is -0.589. The van der Waals surface area contributed by atoms with Crippen LogP contribution in [0.25, 0.3) is 0 Å². The molecule has 82 valence electrons. The second-order valence-electron chi connectivity index (χ2n) is 2.90. The van der Waals surface area contributed by atoms with E-state index in [1.807, 2.05) is 0 Å². The van der Waals surface area contributed by atoms with Crippen LogP contribution in [0.15, 0.2) is 40.7 Å². The van der Waals surface area contributed by atoms with E-state index in [1.54, 1.807) is 18.2 Å². The summed E-state index contributed by atoms with van der Waals surface area (Å²) in [5, 5.41) is 13.7. The molecule has 2 unspecified atom stereocenters. The Hall–Kier alpha value is -1.81. The number of benzene rings is 1. The van der Waals surface area contributed by atoms with Crippen LogP contribution in [-0.2, 0) is 0 Å². The number of rotatable bonds is 5. The van der Waals surface area contributed by atoms with Crippen LogP contribution in [-0.4, -0.2) is 4.87 Å². The van der Waals surface area contributed by atoms with Gasteiger partial charge in [0.1, 0.15) is 6.07 Å². The van der Waals surface area contributed by atoms with Gasteiger partial charge in [0.25, 0.3) is 4.87 Å². The van der Waals surface area contributed by atoms with Gasteiger partial charge in [-0.15, -0.1) is 9.81 Å². The first-order chi connectivity index (χ1) is 7.74. The van der Waals surface area contributed by atoms with Crippen LogP contribution in [0.1, 0.15) is 11.6 Å². The van der Waals surface area contributed by atoms with Crippen molar-refractivity contribution in [3.63, 3.8) is 0 Å². The summed E-state index contributed by atoms with van der Waals surface area (Å²) in [5.74, 6) is 0. The minimum atomic E-state index is -2.36. The molecule has 0 fully saturated rings. The quantitative estimate of drug-likeness (QED) is 0.739. The van der Waals surface area contributed by atoms with E-state index in [1.165, 1.54) is 18.2 Å². The molecular formula is C9H6FN3O2S. The molecule has 1 aromatic rings. The van der Waals surface area contributed by atoms with E-state index in [2.05, 4.69) is 10.4 Å². The number of nitriles is 1. The van der Waals surface area contributed by atoms with Crippen LogP contribution in [0.2, 0.25) is 0 Å². The Kier molecular flexibility index (Phi) is 4.08. The summed E-state index contributed by atoms with van der Waals surface area (Å²) in [6, 6.07) is 7.71. The van der Waals surface area contributed by atoms with E-state index in [0.717, 1.165) is 0 Å². The third-order valence-corrected chi connectivity index (χ3v) is 2.63. The molecule has 7 heteroatoms. The first-order valence-electron chi connectivity index (χ1n) is 4.17. The van der Waals surface area contributed by atoms with Gasteiger partial charge < -0.3 is 0 Å². The Labute approximate surface area is 94.9 Å². The number of hydrogen-bond donors (Lipinski definition) is 0. The van der Waals surface area contributed by atoms with Gasteiger partial charge in [-0.25, -0.2) is 0 Å². The Morgan fingerprint density at radius 3 is 2.38 bits per heavy atom. The summed E-state index contributed by atoms with van der Waals surface area (Å²) in [7, 11) is 0. The standard InChI is InChI=1S/C9H6FN3O2S/c10-16-9(6-11,13-15)8(12-14)7-4-2-1-3-5-7/h1-5,8H. The highest BCUT2D eigenvalue weighted by Crippen LogP contribution is 2.41. The third kappa shape index (κ3) is 2.06. The van der Waals surface area contributed by atoms with E-state index in [4.69, 9.17) is 5.26 Å². The number of nitrogens with zero attached hydrogens (tertiary/aromatic N) is 3. The van der Waals surface area contributed by atoms with Crippen molar-refractivity contribution in [2.24, 2.45) is 10.4 Å². The fourth-order valence-corrected chi connectivity index (χ4v) is 1.52. The fourth-order valence-electron chi connectivity index (χ4n) is 1.20. The number of halogens is 1. The Bertz CT molecular complexity index is 423. The zero-order valence-corrected chi connectivity index (χ0v) is 8.72. The second kappa shape index (κ2) is 5.32. The number of nitroso groups, excluding NO2 is 2. The fraction of sp³-hybridized carbons (Fsp3) is 0.222. The molecule has 0 spiro atoms. The lowest BCUT2D eigenvalue weighted by Crippen LogP contribution is -2.26. The van der Waals surface area contributed by atoms with Crippen LogP contribution >= 0.6 is 12.1 Å². The van der Waals surface area contributed by atoms with Gasteiger partial charge in [-0.1, -0.05) is 35.5 Å². The van der Waals surface area contributed by atoms with Gasteiger partial charge in [-0.2, -0.15) is 9.15 Å². The predicted molar refractivity (Wildman–Crippen MR) is 57.8 cm³/mol. The molecule has 2 atom stereocenters. The van der Waals surface area contributed by atoms with Crippen molar-refractivity contribution in [3.8, 4) is 6.07 Å².